The van der Waals surface area contributed by atoms with E-state index in [4.69, 9.17) is 5.73 Å². The molecule has 1 aromatic heterocycles. The molecule has 1 heterocycles. The third-order valence-corrected chi connectivity index (χ3v) is 2.93. The average molecular weight is 258 g/mol. The van der Waals surface area contributed by atoms with E-state index >= 15 is 0 Å². The Hall–Kier alpha value is -2.30. The third-order valence-electron chi connectivity index (χ3n) is 2.93. The molecule has 0 spiro atoms. The van der Waals surface area contributed by atoms with E-state index in [1.165, 1.54) is 12.5 Å². The number of nitrogens with zero attached hydrogens (tertiary/aromatic N) is 2. The Morgan fingerprint density at radius 3 is 2.89 bits per heavy atom. The Bertz CT molecular complexity index is 589. The summed E-state index contributed by atoms with van der Waals surface area (Å²) in [5, 5.41) is 7.40. The van der Waals surface area contributed by atoms with Gasteiger partial charge in [-0.2, -0.15) is 5.10 Å². The highest BCUT2D eigenvalue weighted by molar-refractivity contribution is 5.99. The van der Waals surface area contributed by atoms with E-state index in [1.54, 1.807) is 16.8 Å². The van der Waals surface area contributed by atoms with Gasteiger partial charge >= 0.3 is 0 Å². The van der Waals surface area contributed by atoms with Crippen LogP contribution >= 0.6 is 0 Å². The highest BCUT2D eigenvalue weighted by atomic mass is 16.1. The zero-order chi connectivity index (χ0) is 13.8. The zero-order valence-corrected chi connectivity index (χ0v) is 11.2. The number of carbonyl (C=O) groups is 1. The molecule has 0 radical (unpaired) electrons. The fourth-order valence-corrected chi connectivity index (χ4v) is 1.92. The summed E-state index contributed by atoms with van der Waals surface area (Å²) < 4.78 is 1.78. The van der Waals surface area contributed by atoms with E-state index in [-0.39, 0.29) is 5.78 Å². The minimum atomic E-state index is -0.0200. The Kier molecular flexibility index (Phi) is 3.85. The molecule has 19 heavy (non-hydrogen) atoms. The summed E-state index contributed by atoms with van der Waals surface area (Å²) in [6, 6.07) is 5.43. The number of aromatic nitrogens is 2. The molecule has 0 fully saturated rings. The quantitative estimate of drug-likeness (QED) is 0.634. The van der Waals surface area contributed by atoms with Crippen LogP contribution in [0.5, 0.6) is 0 Å². The Balaban J connectivity index is 1.96. The lowest BCUT2D eigenvalue weighted by Gasteiger charge is -2.08. The fraction of sp³-hybridized carbons (Fsp3) is 0.286. The van der Waals surface area contributed by atoms with Crippen molar-refractivity contribution in [3.05, 3.63) is 41.7 Å². The molecule has 0 aliphatic heterocycles. The first kappa shape index (κ1) is 13.1. The van der Waals surface area contributed by atoms with Gasteiger partial charge < -0.3 is 11.1 Å². The molecular formula is C14H18N4O. The lowest BCUT2D eigenvalue weighted by Crippen LogP contribution is -2.06. The van der Waals surface area contributed by atoms with Crippen LogP contribution < -0.4 is 11.1 Å². The van der Waals surface area contributed by atoms with Crippen molar-refractivity contribution in [3.63, 3.8) is 0 Å². The van der Waals surface area contributed by atoms with Gasteiger partial charge in [0.15, 0.2) is 5.78 Å². The van der Waals surface area contributed by atoms with Crippen molar-refractivity contribution in [2.24, 2.45) is 7.05 Å². The fourth-order valence-electron chi connectivity index (χ4n) is 1.92. The van der Waals surface area contributed by atoms with Crippen molar-refractivity contribution in [2.45, 2.75) is 13.3 Å². The van der Waals surface area contributed by atoms with Crippen molar-refractivity contribution >= 4 is 17.2 Å². The van der Waals surface area contributed by atoms with Gasteiger partial charge in [0.1, 0.15) is 0 Å². The highest BCUT2D eigenvalue weighted by Crippen LogP contribution is 2.18. The summed E-state index contributed by atoms with van der Waals surface area (Å²) in [6.07, 6.45) is 4.73. The summed E-state index contributed by atoms with van der Waals surface area (Å²) >= 11 is 0. The van der Waals surface area contributed by atoms with Crippen LogP contribution in [0.2, 0.25) is 0 Å². The summed E-state index contributed by atoms with van der Waals surface area (Å²) in [7, 11) is 1.90. The monoisotopic (exact) mass is 258 g/mol. The molecule has 5 nitrogen and oxygen atoms in total. The average Bonchev–Trinajstić information content (AvgIpc) is 2.77. The number of hydrogen-bond donors (Lipinski definition) is 2. The summed E-state index contributed by atoms with van der Waals surface area (Å²) in [5.41, 5.74) is 8.92. The van der Waals surface area contributed by atoms with E-state index in [0.29, 0.717) is 11.3 Å². The first-order valence-corrected chi connectivity index (χ1v) is 6.18. The van der Waals surface area contributed by atoms with Crippen molar-refractivity contribution in [1.82, 2.24) is 9.78 Å². The third kappa shape index (κ3) is 3.34. The maximum absolute atomic E-state index is 11.4. The van der Waals surface area contributed by atoms with Gasteiger partial charge in [0, 0.05) is 36.7 Å². The second-order valence-corrected chi connectivity index (χ2v) is 4.56. The first-order valence-electron chi connectivity index (χ1n) is 6.18. The summed E-state index contributed by atoms with van der Waals surface area (Å²) in [5.74, 6) is -0.0200. The van der Waals surface area contributed by atoms with Crippen molar-refractivity contribution < 1.29 is 4.79 Å². The zero-order valence-electron chi connectivity index (χ0n) is 11.2. The maximum Gasteiger partial charge on any atom is 0.161 e. The molecule has 2 aromatic rings. The smallest absolute Gasteiger partial charge is 0.161 e. The molecule has 3 N–H and O–H groups in total. The second kappa shape index (κ2) is 5.56. The molecule has 0 amide bonds. The lowest BCUT2D eigenvalue weighted by molar-refractivity contribution is 0.101. The van der Waals surface area contributed by atoms with Gasteiger partial charge in [-0.05, 0) is 37.1 Å². The van der Waals surface area contributed by atoms with E-state index in [2.05, 4.69) is 10.4 Å². The van der Waals surface area contributed by atoms with Crippen LogP contribution in [-0.4, -0.2) is 22.1 Å². The Morgan fingerprint density at radius 2 is 2.26 bits per heavy atom. The Labute approximate surface area is 112 Å². The number of nitrogens with two attached hydrogens (primary N) is 1. The van der Waals surface area contributed by atoms with Crippen molar-refractivity contribution in [1.29, 1.82) is 0 Å². The van der Waals surface area contributed by atoms with Gasteiger partial charge in [-0.3, -0.25) is 9.48 Å². The summed E-state index contributed by atoms with van der Waals surface area (Å²) in [4.78, 5) is 11.4. The SMILES string of the molecule is CC(=O)c1cc(NCCc2cnn(C)c2)ccc1N. The number of aryl methyl sites for hydroxylation is 1. The van der Waals surface area contributed by atoms with Crippen molar-refractivity contribution in [2.75, 3.05) is 17.6 Å². The van der Waals surface area contributed by atoms with Gasteiger partial charge in [-0.25, -0.2) is 0 Å². The minimum Gasteiger partial charge on any atom is -0.398 e. The second-order valence-electron chi connectivity index (χ2n) is 4.56. The molecule has 100 valence electrons. The molecule has 2 rings (SSSR count). The molecule has 0 saturated carbocycles. The maximum atomic E-state index is 11.4. The topological polar surface area (TPSA) is 72.9 Å². The first-order chi connectivity index (χ1) is 9.06. The largest absolute Gasteiger partial charge is 0.398 e. The molecule has 0 aliphatic rings. The number of nitrogens with one attached hydrogen (secondary N) is 1. The van der Waals surface area contributed by atoms with E-state index in [1.807, 2.05) is 25.5 Å². The van der Waals surface area contributed by atoms with Gasteiger partial charge in [0.2, 0.25) is 0 Å². The predicted octanol–water partition coefficient (Wildman–Crippen LogP) is 1.86. The van der Waals surface area contributed by atoms with Crippen LogP contribution in [0.25, 0.3) is 0 Å². The van der Waals surface area contributed by atoms with Crippen LogP contribution in [0.3, 0.4) is 0 Å². The van der Waals surface area contributed by atoms with Crippen molar-refractivity contribution in [3.8, 4) is 0 Å². The standard InChI is InChI=1S/C14H18N4O/c1-10(19)13-7-12(3-4-14(13)15)16-6-5-11-8-17-18(2)9-11/h3-4,7-9,16H,5-6,15H2,1-2H3. The molecule has 5 heteroatoms. The Morgan fingerprint density at radius 1 is 1.47 bits per heavy atom. The molecular weight excluding hydrogens is 240 g/mol. The minimum absolute atomic E-state index is 0.0200. The molecule has 0 aliphatic carbocycles. The number of carbonyl (C=O) groups excluding carboxylic acids is 1. The number of benzene rings is 1. The van der Waals surface area contributed by atoms with Gasteiger partial charge in [-0.1, -0.05) is 0 Å². The number of nitrogen functional groups attached to an aromatic ring is 1. The van der Waals surface area contributed by atoms with Crippen LogP contribution in [0.4, 0.5) is 11.4 Å². The number of rotatable bonds is 5. The van der Waals surface area contributed by atoms with Crippen LogP contribution in [0, 0.1) is 0 Å². The van der Waals surface area contributed by atoms with E-state index in [9.17, 15) is 4.79 Å². The molecule has 0 saturated heterocycles. The molecule has 1 aromatic carbocycles. The van der Waals surface area contributed by atoms with E-state index in [0.717, 1.165) is 18.7 Å². The number of hydrogen-bond acceptors (Lipinski definition) is 4. The lowest BCUT2D eigenvalue weighted by atomic mass is 10.1. The highest BCUT2D eigenvalue weighted by Gasteiger charge is 2.05. The number of anilines is 2. The van der Waals surface area contributed by atoms with Crippen LogP contribution in [-0.2, 0) is 13.5 Å². The summed E-state index contributed by atoms with van der Waals surface area (Å²) in [6.45, 7) is 2.30. The van der Waals surface area contributed by atoms with E-state index < -0.39 is 0 Å². The normalized spacial score (nSPS) is 10.4. The predicted molar refractivity (Wildman–Crippen MR) is 76.3 cm³/mol. The van der Waals surface area contributed by atoms with Gasteiger partial charge in [0.05, 0.1) is 6.20 Å². The number of ketones is 1. The van der Waals surface area contributed by atoms with Gasteiger partial charge in [0.25, 0.3) is 0 Å². The number of Topliss-reactive ketones (excluding diaryl/α,β-unsaturated/α-hetero) is 1. The molecule has 0 unspecified atom stereocenters. The van der Waals surface area contributed by atoms with Gasteiger partial charge in [-0.15, -0.1) is 0 Å². The molecule has 0 bridgehead atoms. The van der Waals surface area contributed by atoms with Crippen LogP contribution in [0.1, 0.15) is 22.8 Å². The molecule has 0 atom stereocenters. The van der Waals surface area contributed by atoms with Crippen LogP contribution in [0.15, 0.2) is 30.6 Å².